The van der Waals surface area contributed by atoms with E-state index >= 15 is 0 Å². The minimum Gasteiger partial charge on any atom is -0.126 e. The van der Waals surface area contributed by atoms with Gasteiger partial charge < -0.3 is 0 Å². The Morgan fingerprint density at radius 3 is 2.85 bits per heavy atom. The van der Waals surface area contributed by atoms with Crippen LogP contribution in [0.25, 0.3) is 0 Å². The number of benzene rings is 1. The molecule has 0 aliphatic carbocycles. The van der Waals surface area contributed by atoms with E-state index in [1.807, 2.05) is 11.8 Å². The van der Waals surface area contributed by atoms with Crippen molar-refractivity contribution in [3.63, 3.8) is 0 Å². The first kappa shape index (κ1) is 11.1. The standard InChI is InChI=1S/C11H15BrS/c1-9-4-3-5-11(6-9)13-8-10(2)7-12/h3-6,10H,7-8H2,1-2H3. The lowest BCUT2D eigenvalue weighted by atomic mass is 10.2. The molecule has 0 saturated heterocycles. The van der Waals surface area contributed by atoms with Gasteiger partial charge in [0.05, 0.1) is 0 Å². The van der Waals surface area contributed by atoms with Gasteiger partial charge in [0, 0.05) is 16.0 Å². The summed E-state index contributed by atoms with van der Waals surface area (Å²) in [4.78, 5) is 1.38. The molecule has 0 fully saturated rings. The normalized spacial score (nSPS) is 12.8. The molecule has 0 radical (unpaired) electrons. The van der Waals surface area contributed by atoms with Crippen LogP contribution in [0.2, 0.25) is 0 Å². The zero-order chi connectivity index (χ0) is 9.68. The highest BCUT2D eigenvalue weighted by Gasteiger charge is 2.00. The first-order chi connectivity index (χ1) is 6.22. The molecule has 1 aromatic carbocycles. The second-order valence-corrected chi connectivity index (χ2v) is 5.13. The molecule has 0 N–H and O–H groups in total. The molecular formula is C11H15BrS. The Morgan fingerprint density at radius 1 is 1.46 bits per heavy atom. The molecule has 0 aliphatic heterocycles. The summed E-state index contributed by atoms with van der Waals surface area (Å²) >= 11 is 5.43. The number of hydrogen-bond donors (Lipinski definition) is 0. The van der Waals surface area contributed by atoms with Crippen molar-refractivity contribution in [3.05, 3.63) is 29.8 Å². The van der Waals surface area contributed by atoms with Crippen LogP contribution < -0.4 is 0 Å². The predicted molar refractivity (Wildman–Crippen MR) is 64.9 cm³/mol. The fourth-order valence-electron chi connectivity index (χ4n) is 0.988. The highest BCUT2D eigenvalue weighted by Crippen LogP contribution is 2.21. The molecule has 0 aliphatic rings. The van der Waals surface area contributed by atoms with Crippen LogP contribution in [0, 0.1) is 12.8 Å². The largest absolute Gasteiger partial charge is 0.126 e. The number of aryl methyl sites for hydroxylation is 1. The van der Waals surface area contributed by atoms with Crippen LogP contribution in [-0.4, -0.2) is 11.1 Å². The summed E-state index contributed by atoms with van der Waals surface area (Å²) in [5, 5.41) is 1.09. The molecule has 0 spiro atoms. The number of alkyl halides is 1. The van der Waals surface area contributed by atoms with E-state index in [1.165, 1.54) is 16.2 Å². The van der Waals surface area contributed by atoms with Gasteiger partial charge in [0.15, 0.2) is 0 Å². The third-order valence-electron chi connectivity index (χ3n) is 1.79. The van der Waals surface area contributed by atoms with E-state index in [4.69, 9.17) is 0 Å². The maximum atomic E-state index is 3.49. The molecule has 0 aromatic heterocycles. The Morgan fingerprint density at radius 2 is 2.23 bits per heavy atom. The Labute approximate surface area is 93.2 Å². The Hall–Kier alpha value is 0.0500. The van der Waals surface area contributed by atoms with Crippen LogP contribution in [-0.2, 0) is 0 Å². The molecular weight excluding hydrogens is 244 g/mol. The summed E-state index contributed by atoms with van der Waals surface area (Å²) in [7, 11) is 0. The summed E-state index contributed by atoms with van der Waals surface area (Å²) in [6, 6.07) is 8.68. The van der Waals surface area contributed by atoms with Gasteiger partial charge in [0.2, 0.25) is 0 Å². The summed E-state index contributed by atoms with van der Waals surface area (Å²) in [5.41, 5.74) is 1.34. The second kappa shape index (κ2) is 5.71. The summed E-state index contributed by atoms with van der Waals surface area (Å²) in [6.45, 7) is 4.40. The Kier molecular flexibility index (Phi) is 4.89. The quantitative estimate of drug-likeness (QED) is 0.579. The zero-order valence-electron chi connectivity index (χ0n) is 8.09. The zero-order valence-corrected chi connectivity index (χ0v) is 10.5. The maximum Gasteiger partial charge on any atom is 0.00746 e. The second-order valence-electron chi connectivity index (χ2n) is 3.39. The van der Waals surface area contributed by atoms with Crippen LogP contribution in [0.1, 0.15) is 12.5 Å². The van der Waals surface area contributed by atoms with E-state index in [2.05, 4.69) is 54.0 Å². The van der Waals surface area contributed by atoms with Crippen molar-refractivity contribution in [1.82, 2.24) is 0 Å². The van der Waals surface area contributed by atoms with E-state index in [0.29, 0.717) is 0 Å². The Bertz CT molecular complexity index is 260. The van der Waals surface area contributed by atoms with Crippen LogP contribution in [0.5, 0.6) is 0 Å². The van der Waals surface area contributed by atoms with Crippen molar-refractivity contribution in [1.29, 1.82) is 0 Å². The average molecular weight is 259 g/mol. The van der Waals surface area contributed by atoms with E-state index in [1.54, 1.807) is 0 Å². The minimum absolute atomic E-state index is 0.741. The Balaban J connectivity index is 2.45. The van der Waals surface area contributed by atoms with E-state index in [9.17, 15) is 0 Å². The number of hydrogen-bond acceptors (Lipinski definition) is 1. The lowest BCUT2D eigenvalue weighted by molar-refractivity contribution is 0.770. The highest BCUT2D eigenvalue weighted by molar-refractivity contribution is 9.09. The molecule has 13 heavy (non-hydrogen) atoms. The van der Waals surface area contributed by atoms with Crippen LogP contribution >= 0.6 is 27.7 Å². The van der Waals surface area contributed by atoms with Crippen molar-refractivity contribution < 1.29 is 0 Å². The van der Waals surface area contributed by atoms with Gasteiger partial charge in [0.1, 0.15) is 0 Å². The number of rotatable bonds is 4. The van der Waals surface area contributed by atoms with Gasteiger partial charge in [0.25, 0.3) is 0 Å². The fraction of sp³-hybridized carbons (Fsp3) is 0.455. The smallest absolute Gasteiger partial charge is 0.00746 e. The first-order valence-electron chi connectivity index (χ1n) is 4.48. The molecule has 0 bridgehead atoms. The summed E-state index contributed by atoms with van der Waals surface area (Å²) < 4.78 is 0. The molecule has 0 heterocycles. The van der Waals surface area contributed by atoms with Crippen molar-refractivity contribution >= 4 is 27.7 Å². The monoisotopic (exact) mass is 258 g/mol. The average Bonchev–Trinajstić information content (AvgIpc) is 2.14. The topological polar surface area (TPSA) is 0 Å². The van der Waals surface area contributed by atoms with E-state index < -0.39 is 0 Å². The molecule has 0 amide bonds. The molecule has 0 saturated carbocycles. The lowest BCUT2D eigenvalue weighted by Gasteiger charge is -2.06. The van der Waals surface area contributed by atoms with E-state index in [-0.39, 0.29) is 0 Å². The highest BCUT2D eigenvalue weighted by atomic mass is 79.9. The summed E-state index contributed by atoms with van der Waals surface area (Å²) in [6.07, 6.45) is 0. The molecule has 0 nitrogen and oxygen atoms in total. The van der Waals surface area contributed by atoms with Gasteiger partial charge in [-0.25, -0.2) is 0 Å². The van der Waals surface area contributed by atoms with Gasteiger partial charge in [-0.15, -0.1) is 11.8 Å². The molecule has 1 atom stereocenters. The van der Waals surface area contributed by atoms with Crippen molar-refractivity contribution in [2.45, 2.75) is 18.7 Å². The third kappa shape index (κ3) is 4.19. The van der Waals surface area contributed by atoms with Gasteiger partial charge in [-0.05, 0) is 25.0 Å². The van der Waals surface area contributed by atoms with Crippen molar-refractivity contribution in [3.8, 4) is 0 Å². The lowest BCUT2D eigenvalue weighted by Crippen LogP contribution is -1.98. The molecule has 1 rings (SSSR count). The van der Waals surface area contributed by atoms with Crippen LogP contribution in [0.3, 0.4) is 0 Å². The number of halogens is 1. The minimum atomic E-state index is 0.741. The molecule has 2 heteroatoms. The maximum absolute atomic E-state index is 3.49. The molecule has 1 unspecified atom stereocenters. The van der Waals surface area contributed by atoms with Gasteiger partial charge >= 0.3 is 0 Å². The predicted octanol–water partition coefficient (Wildman–Crippen LogP) is 4.12. The molecule has 72 valence electrons. The van der Waals surface area contributed by atoms with E-state index in [0.717, 1.165) is 11.2 Å². The fourth-order valence-corrected chi connectivity index (χ4v) is 2.56. The first-order valence-corrected chi connectivity index (χ1v) is 6.58. The van der Waals surface area contributed by atoms with Crippen molar-refractivity contribution in [2.24, 2.45) is 5.92 Å². The van der Waals surface area contributed by atoms with Crippen LogP contribution in [0.4, 0.5) is 0 Å². The van der Waals surface area contributed by atoms with Gasteiger partial charge in [-0.1, -0.05) is 40.5 Å². The molecule has 1 aromatic rings. The third-order valence-corrected chi connectivity index (χ3v) is 4.22. The van der Waals surface area contributed by atoms with Crippen molar-refractivity contribution in [2.75, 3.05) is 11.1 Å². The SMILES string of the molecule is Cc1cccc(SCC(C)CBr)c1. The number of thioether (sulfide) groups is 1. The van der Waals surface area contributed by atoms with Gasteiger partial charge in [-0.3, -0.25) is 0 Å². The summed E-state index contributed by atoms with van der Waals surface area (Å²) in [5.74, 6) is 1.93. The van der Waals surface area contributed by atoms with Crippen LogP contribution in [0.15, 0.2) is 29.2 Å². The van der Waals surface area contributed by atoms with Gasteiger partial charge in [-0.2, -0.15) is 0 Å².